The first-order valence-electron chi connectivity index (χ1n) is 16.6. The van der Waals surface area contributed by atoms with E-state index < -0.39 is 42.1 Å². The van der Waals surface area contributed by atoms with Gasteiger partial charge in [0.1, 0.15) is 18.7 Å². The molecule has 0 radical (unpaired) electrons. The second-order valence-corrected chi connectivity index (χ2v) is 12.7. The zero-order chi connectivity index (χ0) is 35.1. The van der Waals surface area contributed by atoms with Crippen LogP contribution in [0.4, 0.5) is 4.79 Å². The quantitative estimate of drug-likeness (QED) is 0.0756. The third kappa shape index (κ3) is 12.9. The van der Waals surface area contributed by atoms with Crippen LogP contribution in [0.15, 0.2) is 59.6 Å². The molecule has 48 heavy (non-hydrogen) atoms. The Labute approximate surface area is 282 Å². The molecule has 4 amide bonds. The van der Waals surface area contributed by atoms with E-state index >= 15 is 0 Å². The number of amides is 4. The fraction of sp³-hybridized carbons (Fsp3) is 0.514. The zero-order valence-corrected chi connectivity index (χ0v) is 28.1. The van der Waals surface area contributed by atoms with Crippen LogP contribution >= 0.6 is 0 Å². The van der Waals surface area contributed by atoms with Crippen LogP contribution in [0.25, 0.3) is 0 Å². The maximum atomic E-state index is 13.3. The number of fused-ring (bicyclic) bond motifs is 1. The molecule has 5 atom stereocenters. The SMILES string of the molecule is CC(C)C[C@H](NC(=O)[C@H](C)NC(=O)[C@H](CCCN=C(N)N)NC(=O)OCc1ccccc1)[C@@H](O)CC(=O)NC1CCCc2ccccc21. The zero-order valence-electron chi connectivity index (χ0n) is 28.1. The number of carbonyl (C=O) groups is 4. The van der Waals surface area contributed by atoms with E-state index in [0.29, 0.717) is 12.8 Å². The van der Waals surface area contributed by atoms with Crippen molar-refractivity contribution in [1.29, 1.82) is 0 Å². The molecule has 0 spiro atoms. The van der Waals surface area contributed by atoms with Crippen molar-refractivity contribution in [2.24, 2.45) is 22.4 Å². The second-order valence-electron chi connectivity index (χ2n) is 12.7. The molecule has 13 nitrogen and oxygen atoms in total. The smallest absolute Gasteiger partial charge is 0.408 e. The number of aryl methyl sites for hydroxylation is 1. The van der Waals surface area contributed by atoms with E-state index in [0.717, 1.165) is 30.4 Å². The van der Waals surface area contributed by atoms with Crippen LogP contribution in [0.5, 0.6) is 0 Å². The highest BCUT2D eigenvalue weighted by molar-refractivity contribution is 5.91. The lowest BCUT2D eigenvalue weighted by molar-refractivity contribution is -0.131. The van der Waals surface area contributed by atoms with Crippen molar-refractivity contribution in [3.05, 3.63) is 71.3 Å². The number of benzene rings is 2. The Bertz CT molecular complexity index is 1380. The Kier molecular flexibility index (Phi) is 15.2. The average molecular weight is 666 g/mol. The minimum Gasteiger partial charge on any atom is -0.445 e. The monoisotopic (exact) mass is 665 g/mol. The van der Waals surface area contributed by atoms with Gasteiger partial charge in [0, 0.05) is 6.54 Å². The van der Waals surface area contributed by atoms with E-state index in [4.69, 9.17) is 16.2 Å². The van der Waals surface area contributed by atoms with Crippen molar-refractivity contribution in [1.82, 2.24) is 21.3 Å². The van der Waals surface area contributed by atoms with E-state index in [1.54, 1.807) is 12.1 Å². The van der Waals surface area contributed by atoms with Crippen molar-refractivity contribution in [2.45, 2.75) is 103 Å². The van der Waals surface area contributed by atoms with Gasteiger partial charge in [0.25, 0.3) is 0 Å². The van der Waals surface area contributed by atoms with Crippen LogP contribution in [0, 0.1) is 5.92 Å². The summed E-state index contributed by atoms with van der Waals surface area (Å²) in [6, 6.07) is 14.2. The van der Waals surface area contributed by atoms with E-state index in [9.17, 15) is 24.3 Å². The molecule has 1 unspecified atom stereocenters. The lowest BCUT2D eigenvalue weighted by Gasteiger charge is -2.29. The van der Waals surface area contributed by atoms with Crippen LogP contribution in [0.2, 0.25) is 0 Å². The summed E-state index contributed by atoms with van der Waals surface area (Å²) in [6.07, 6.45) is 1.56. The van der Waals surface area contributed by atoms with Crippen LogP contribution in [-0.2, 0) is 32.1 Å². The third-order valence-corrected chi connectivity index (χ3v) is 8.14. The van der Waals surface area contributed by atoms with Gasteiger partial charge < -0.3 is 42.6 Å². The molecule has 0 aliphatic heterocycles. The first-order valence-corrected chi connectivity index (χ1v) is 16.6. The highest BCUT2D eigenvalue weighted by atomic mass is 16.5. The van der Waals surface area contributed by atoms with Crippen molar-refractivity contribution >= 4 is 29.8 Å². The van der Waals surface area contributed by atoms with Gasteiger partial charge in [-0.1, -0.05) is 68.4 Å². The lowest BCUT2D eigenvalue weighted by atomic mass is 9.87. The molecule has 0 bridgehead atoms. The Hall–Kier alpha value is -4.65. The summed E-state index contributed by atoms with van der Waals surface area (Å²) in [5, 5.41) is 22.2. The number of nitrogens with one attached hydrogen (secondary N) is 4. The van der Waals surface area contributed by atoms with Crippen molar-refractivity contribution < 1.29 is 29.0 Å². The van der Waals surface area contributed by atoms with Gasteiger partial charge >= 0.3 is 6.09 Å². The maximum Gasteiger partial charge on any atom is 0.408 e. The number of rotatable bonds is 17. The number of aliphatic imine (C=N–C) groups is 1. The number of hydrogen-bond donors (Lipinski definition) is 7. The summed E-state index contributed by atoms with van der Waals surface area (Å²) < 4.78 is 5.28. The Morgan fingerprint density at radius 1 is 0.958 bits per heavy atom. The number of carbonyl (C=O) groups excluding carboxylic acids is 4. The molecule has 0 aromatic heterocycles. The molecule has 0 saturated heterocycles. The summed E-state index contributed by atoms with van der Waals surface area (Å²) in [6.45, 7) is 5.65. The molecule has 2 aromatic carbocycles. The van der Waals surface area contributed by atoms with Crippen LogP contribution in [0.3, 0.4) is 0 Å². The molecule has 0 saturated carbocycles. The number of hydrogen-bond acceptors (Lipinski definition) is 7. The minimum atomic E-state index is -1.15. The molecular formula is C35H51N7O6. The number of guanidine groups is 1. The van der Waals surface area contributed by atoms with Gasteiger partial charge in [-0.15, -0.1) is 0 Å². The van der Waals surface area contributed by atoms with Gasteiger partial charge in [-0.05, 0) is 68.1 Å². The summed E-state index contributed by atoms with van der Waals surface area (Å²) in [5.41, 5.74) is 13.9. The number of aliphatic hydroxyl groups excluding tert-OH is 1. The van der Waals surface area contributed by atoms with E-state index in [1.165, 1.54) is 12.5 Å². The van der Waals surface area contributed by atoms with E-state index in [2.05, 4.69) is 32.3 Å². The normalized spacial score (nSPS) is 16.3. The number of aliphatic hydroxyl groups is 1. The third-order valence-electron chi connectivity index (χ3n) is 8.14. The Balaban J connectivity index is 1.58. The van der Waals surface area contributed by atoms with Crippen LogP contribution in [-0.4, -0.2) is 65.7 Å². The fourth-order valence-corrected chi connectivity index (χ4v) is 5.68. The number of nitrogens with zero attached hydrogens (tertiary/aromatic N) is 1. The topological polar surface area (TPSA) is 210 Å². The summed E-state index contributed by atoms with van der Waals surface area (Å²) in [5.74, 6) is -1.44. The highest BCUT2D eigenvalue weighted by Gasteiger charge is 2.30. The van der Waals surface area contributed by atoms with Gasteiger partial charge in [-0.2, -0.15) is 0 Å². The standard InChI is InChI=1S/C35H51N7O6/c1-22(2)19-29(30(43)20-31(44)40-27-16-9-14-25-13-7-8-15-26(25)27)41-32(45)23(3)39-33(46)28(17-10-18-38-34(36)37)42-35(47)48-21-24-11-5-4-6-12-24/h4-8,11-13,15,22-23,27-30,43H,9-10,14,16-21H2,1-3H3,(H,39,46)(H,40,44)(H,41,45)(H,42,47)(H4,36,37,38)/t23-,27?,28-,29-,30-/m0/s1. The summed E-state index contributed by atoms with van der Waals surface area (Å²) in [4.78, 5) is 56.0. The molecule has 1 aliphatic rings. The molecule has 0 heterocycles. The molecule has 3 rings (SSSR count). The van der Waals surface area contributed by atoms with E-state index in [-0.39, 0.29) is 49.8 Å². The van der Waals surface area contributed by atoms with E-state index in [1.807, 2.05) is 50.2 Å². The average Bonchev–Trinajstić information content (AvgIpc) is 3.05. The van der Waals surface area contributed by atoms with Crippen molar-refractivity contribution in [2.75, 3.05) is 6.54 Å². The van der Waals surface area contributed by atoms with Gasteiger partial charge in [0.15, 0.2) is 5.96 Å². The molecule has 2 aromatic rings. The molecule has 262 valence electrons. The van der Waals surface area contributed by atoms with Crippen molar-refractivity contribution in [3.63, 3.8) is 0 Å². The van der Waals surface area contributed by atoms with Gasteiger partial charge in [-0.25, -0.2) is 4.79 Å². The largest absolute Gasteiger partial charge is 0.445 e. The molecule has 1 aliphatic carbocycles. The Morgan fingerprint density at radius 3 is 2.38 bits per heavy atom. The summed E-state index contributed by atoms with van der Waals surface area (Å²) >= 11 is 0. The Morgan fingerprint density at radius 2 is 1.67 bits per heavy atom. The number of ether oxygens (including phenoxy) is 1. The predicted molar refractivity (Wildman–Crippen MR) is 183 cm³/mol. The first-order chi connectivity index (χ1) is 22.9. The molecular weight excluding hydrogens is 614 g/mol. The van der Waals surface area contributed by atoms with Gasteiger partial charge in [0.05, 0.1) is 24.6 Å². The van der Waals surface area contributed by atoms with Crippen LogP contribution < -0.4 is 32.7 Å². The first kappa shape index (κ1) is 37.8. The molecule has 0 fully saturated rings. The number of alkyl carbamates (subject to hydrolysis) is 1. The fourth-order valence-electron chi connectivity index (χ4n) is 5.68. The minimum absolute atomic E-state index is 0.0133. The second kappa shape index (κ2) is 19.2. The number of nitrogens with two attached hydrogens (primary N) is 2. The van der Waals surface area contributed by atoms with Crippen molar-refractivity contribution in [3.8, 4) is 0 Å². The molecule has 9 N–H and O–H groups in total. The predicted octanol–water partition coefficient (Wildman–Crippen LogP) is 2.32. The van der Waals surface area contributed by atoms with Crippen LogP contribution in [0.1, 0.15) is 82.0 Å². The lowest BCUT2D eigenvalue weighted by Crippen LogP contribution is -2.55. The highest BCUT2D eigenvalue weighted by Crippen LogP contribution is 2.29. The van der Waals surface area contributed by atoms with Gasteiger partial charge in [-0.3, -0.25) is 19.4 Å². The molecule has 13 heteroatoms. The van der Waals surface area contributed by atoms with Gasteiger partial charge in [0.2, 0.25) is 17.7 Å². The maximum absolute atomic E-state index is 13.3. The summed E-state index contributed by atoms with van der Waals surface area (Å²) in [7, 11) is 0.